The average Bonchev–Trinajstić information content (AvgIpc) is 2.30. The summed E-state index contributed by atoms with van der Waals surface area (Å²) < 4.78 is 5.30. The van der Waals surface area contributed by atoms with E-state index in [1.165, 1.54) is 0 Å². The highest BCUT2D eigenvalue weighted by atomic mass is 16.5. The van der Waals surface area contributed by atoms with E-state index in [-0.39, 0.29) is 6.04 Å². The van der Waals surface area contributed by atoms with Crippen LogP contribution in [-0.2, 0) is 11.2 Å². The van der Waals surface area contributed by atoms with Crippen LogP contribution in [0, 0.1) is 0 Å². The van der Waals surface area contributed by atoms with Gasteiger partial charge in [-0.3, -0.25) is 4.79 Å². The molecule has 1 aromatic rings. The number of benzene rings is 1. The van der Waals surface area contributed by atoms with E-state index >= 15 is 0 Å². The molecule has 0 saturated carbocycles. The first-order valence-corrected chi connectivity index (χ1v) is 5.66. The number of hydrogen-bond acceptors (Lipinski definition) is 3. The van der Waals surface area contributed by atoms with Crippen LogP contribution in [0.25, 0.3) is 0 Å². The molecule has 1 fully saturated rings. The second kappa shape index (κ2) is 5.12. The number of Topliss-reactive ketones (excluding diaryl/α,β-unsaturated/α-hetero) is 1. The molecule has 0 aliphatic carbocycles. The summed E-state index contributed by atoms with van der Waals surface area (Å²) in [6.45, 7) is 0.804. The lowest BCUT2D eigenvalue weighted by molar-refractivity contribution is -0.120. The van der Waals surface area contributed by atoms with Gasteiger partial charge in [-0.05, 0) is 18.1 Å². The van der Waals surface area contributed by atoms with Crippen molar-refractivity contribution in [2.45, 2.75) is 25.3 Å². The van der Waals surface area contributed by atoms with Crippen LogP contribution in [0.1, 0.15) is 18.4 Å². The summed E-state index contributed by atoms with van der Waals surface area (Å²) in [6.07, 6.45) is 2.16. The summed E-state index contributed by atoms with van der Waals surface area (Å²) in [6, 6.07) is 8.24. The van der Waals surface area contributed by atoms with Crippen LogP contribution in [-0.4, -0.2) is 25.5 Å². The molecule has 1 unspecified atom stereocenters. The molecule has 1 N–H and O–H groups in total. The topological polar surface area (TPSA) is 38.3 Å². The first-order chi connectivity index (χ1) is 7.79. The minimum Gasteiger partial charge on any atom is -0.496 e. The molecule has 0 spiro atoms. The molecule has 86 valence electrons. The standard InChI is InChI=1S/C13H17NO2/c1-16-13-5-3-2-4-10(13)8-11-9-12(15)6-7-14-11/h2-5,11,14H,6-9H2,1H3. The molecule has 1 saturated heterocycles. The molecule has 1 atom stereocenters. The van der Waals surface area contributed by atoms with E-state index in [1.54, 1.807) is 7.11 Å². The number of ether oxygens (including phenoxy) is 1. The molecular formula is C13H17NO2. The van der Waals surface area contributed by atoms with E-state index in [0.717, 1.165) is 24.3 Å². The highest BCUT2D eigenvalue weighted by molar-refractivity contribution is 5.80. The fraction of sp³-hybridized carbons (Fsp3) is 0.462. The van der Waals surface area contributed by atoms with Gasteiger partial charge in [0.05, 0.1) is 7.11 Å². The fourth-order valence-corrected chi connectivity index (χ4v) is 2.15. The Morgan fingerprint density at radius 1 is 1.44 bits per heavy atom. The maximum atomic E-state index is 11.3. The van der Waals surface area contributed by atoms with Gasteiger partial charge in [-0.1, -0.05) is 18.2 Å². The van der Waals surface area contributed by atoms with E-state index in [0.29, 0.717) is 18.6 Å². The molecular weight excluding hydrogens is 202 g/mol. The van der Waals surface area contributed by atoms with Gasteiger partial charge in [-0.25, -0.2) is 0 Å². The van der Waals surface area contributed by atoms with Gasteiger partial charge in [-0.15, -0.1) is 0 Å². The van der Waals surface area contributed by atoms with E-state index in [9.17, 15) is 4.79 Å². The van der Waals surface area contributed by atoms with Crippen molar-refractivity contribution in [2.24, 2.45) is 0 Å². The van der Waals surface area contributed by atoms with Crippen LogP contribution in [0.3, 0.4) is 0 Å². The number of hydrogen-bond donors (Lipinski definition) is 1. The molecule has 0 aromatic heterocycles. The van der Waals surface area contributed by atoms with Crippen molar-refractivity contribution in [3.8, 4) is 5.75 Å². The molecule has 1 aromatic carbocycles. The van der Waals surface area contributed by atoms with Gasteiger partial charge in [0.1, 0.15) is 11.5 Å². The van der Waals surface area contributed by atoms with Crippen molar-refractivity contribution in [2.75, 3.05) is 13.7 Å². The fourth-order valence-electron chi connectivity index (χ4n) is 2.15. The first-order valence-electron chi connectivity index (χ1n) is 5.66. The van der Waals surface area contributed by atoms with Crippen molar-refractivity contribution in [1.29, 1.82) is 0 Å². The van der Waals surface area contributed by atoms with Crippen LogP contribution in [0.4, 0.5) is 0 Å². The summed E-state index contributed by atoms with van der Waals surface area (Å²) in [4.78, 5) is 11.3. The molecule has 0 amide bonds. The zero-order chi connectivity index (χ0) is 11.4. The third kappa shape index (κ3) is 2.61. The maximum Gasteiger partial charge on any atom is 0.135 e. The largest absolute Gasteiger partial charge is 0.496 e. The van der Waals surface area contributed by atoms with E-state index < -0.39 is 0 Å². The van der Waals surface area contributed by atoms with Gasteiger partial charge < -0.3 is 10.1 Å². The summed E-state index contributed by atoms with van der Waals surface area (Å²) in [5.74, 6) is 1.26. The number of para-hydroxylation sites is 1. The van der Waals surface area contributed by atoms with Gasteiger partial charge in [0.2, 0.25) is 0 Å². The van der Waals surface area contributed by atoms with Gasteiger partial charge in [0.25, 0.3) is 0 Å². The maximum absolute atomic E-state index is 11.3. The van der Waals surface area contributed by atoms with Crippen molar-refractivity contribution < 1.29 is 9.53 Å². The van der Waals surface area contributed by atoms with Gasteiger partial charge >= 0.3 is 0 Å². The summed E-state index contributed by atoms with van der Waals surface area (Å²) in [7, 11) is 1.68. The quantitative estimate of drug-likeness (QED) is 0.838. The van der Waals surface area contributed by atoms with E-state index in [2.05, 4.69) is 11.4 Å². The second-order valence-electron chi connectivity index (χ2n) is 4.16. The summed E-state index contributed by atoms with van der Waals surface area (Å²) in [5, 5.41) is 3.37. The third-order valence-electron chi connectivity index (χ3n) is 2.97. The molecule has 1 aliphatic heterocycles. The predicted molar refractivity (Wildman–Crippen MR) is 62.7 cm³/mol. The lowest BCUT2D eigenvalue weighted by Gasteiger charge is -2.23. The van der Waals surface area contributed by atoms with Crippen molar-refractivity contribution in [3.05, 3.63) is 29.8 Å². The highest BCUT2D eigenvalue weighted by Gasteiger charge is 2.19. The molecule has 3 heteroatoms. The van der Waals surface area contributed by atoms with E-state index in [1.807, 2.05) is 18.2 Å². The Labute approximate surface area is 95.8 Å². The molecule has 1 aliphatic rings. The molecule has 0 radical (unpaired) electrons. The Bertz CT molecular complexity index is 376. The molecule has 2 rings (SSSR count). The third-order valence-corrected chi connectivity index (χ3v) is 2.97. The van der Waals surface area contributed by atoms with E-state index in [4.69, 9.17) is 4.74 Å². The van der Waals surface area contributed by atoms with Crippen LogP contribution in [0.2, 0.25) is 0 Å². The number of methoxy groups -OCH3 is 1. The van der Waals surface area contributed by atoms with Gasteiger partial charge in [0.15, 0.2) is 0 Å². The zero-order valence-corrected chi connectivity index (χ0v) is 9.53. The highest BCUT2D eigenvalue weighted by Crippen LogP contribution is 2.20. The Balaban J connectivity index is 2.05. The normalized spacial score (nSPS) is 20.8. The SMILES string of the molecule is COc1ccccc1CC1CC(=O)CCN1. The number of nitrogens with one attached hydrogen (secondary N) is 1. The summed E-state index contributed by atoms with van der Waals surface area (Å²) >= 11 is 0. The van der Waals surface area contributed by atoms with Crippen LogP contribution < -0.4 is 10.1 Å². The van der Waals surface area contributed by atoms with Crippen LogP contribution in [0.15, 0.2) is 24.3 Å². The molecule has 16 heavy (non-hydrogen) atoms. The minimum atomic E-state index is 0.262. The first kappa shape index (κ1) is 11.1. The number of carbonyl (C=O) groups excluding carboxylic acids is 1. The van der Waals surface area contributed by atoms with Crippen LogP contribution >= 0.6 is 0 Å². The lowest BCUT2D eigenvalue weighted by Crippen LogP contribution is -2.39. The lowest BCUT2D eigenvalue weighted by atomic mass is 9.96. The monoisotopic (exact) mass is 219 g/mol. The van der Waals surface area contributed by atoms with Gasteiger partial charge in [-0.2, -0.15) is 0 Å². The molecule has 1 heterocycles. The van der Waals surface area contributed by atoms with Crippen molar-refractivity contribution >= 4 is 5.78 Å². The Morgan fingerprint density at radius 3 is 3.00 bits per heavy atom. The predicted octanol–water partition coefficient (Wildman–Crippen LogP) is 1.56. The van der Waals surface area contributed by atoms with Crippen molar-refractivity contribution in [3.63, 3.8) is 0 Å². The molecule has 3 nitrogen and oxygen atoms in total. The second-order valence-corrected chi connectivity index (χ2v) is 4.16. The zero-order valence-electron chi connectivity index (χ0n) is 9.53. The smallest absolute Gasteiger partial charge is 0.135 e. The van der Waals surface area contributed by atoms with Gasteiger partial charge in [0, 0.05) is 25.4 Å². The molecule has 0 bridgehead atoms. The Morgan fingerprint density at radius 2 is 2.25 bits per heavy atom. The number of ketones is 1. The number of rotatable bonds is 3. The van der Waals surface area contributed by atoms with Crippen LogP contribution in [0.5, 0.6) is 5.75 Å². The summed E-state index contributed by atoms with van der Waals surface area (Å²) in [5.41, 5.74) is 1.16. The average molecular weight is 219 g/mol. The number of piperidine rings is 1. The minimum absolute atomic E-state index is 0.262. The number of carbonyl (C=O) groups is 1. The van der Waals surface area contributed by atoms with Crippen molar-refractivity contribution in [1.82, 2.24) is 5.32 Å². The Kier molecular flexibility index (Phi) is 3.57. The Hall–Kier alpha value is -1.35.